The Labute approximate surface area is 114 Å². The molecule has 1 saturated carbocycles. The van der Waals surface area contributed by atoms with Crippen LogP contribution in [-0.2, 0) is 10.0 Å². The van der Waals surface area contributed by atoms with Crippen LogP contribution in [0.25, 0.3) is 0 Å². The van der Waals surface area contributed by atoms with Crippen LogP contribution in [-0.4, -0.2) is 20.1 Å². The third-order valence-corrected chi connectivity index (χ3v) is 5.19. The molecule has 1 aromatic carbocycles. The molecular weight excluding hydrogens is 262 g/mol. The average Bonchev–Trinajstić information content (AvgIpc) is 2.40. The molecule has 0 aliphatic heterocycles. The lowest BCUT2D eigenvalue weighted by Gasteiger charge is -2.21. The van der Waals surface area contributed by atoms with Crippen molar-refractivity contribution in [2.75, 3.05) is 6.54 Å². The van der Waals surface area contributed by atoms with E-state index in [1.54, 1.807) is 0 Å². The number of hydrogen-bond donors (Lipinski definition) is 2. The normalized spacial score (nSPS) is 17.5. The number of hydrogen-bond acceptors (Lipinski definition) is 3. The Morgan fingerprint density at radius 2 is 1.74 bits per heavy atom. The minimum Gasteiger partial charge on any atom is -0.508 e. The maximum absolute atomic E-state index is 12.0. The van der Waals surface area contributed by atoms with Crippen molar-refractivity contribution < 1.29 is 13.5 Å². The first-order valence-electron chi connectivity index (χ1n) is 6.86. The molecule has 0 bridgehead atoms. The summed E-state index contributed by atoms with van der Waals surface area (Å²) in [6.07, 6.45) is 7.22. The Morgan fingerprint density at radius 1 is 1.11 bits per heavy atom. The van der Waals surface area contributed by atoms with Crippen molar-refractivity contribution in [1.29, 1.82) is 0 Å². The van der Waals surface area contributed by atoms with Gasteiger partial charge in [0.15, 0.2) is 0 Å². The molecule has 5 heteroatoms. The topological polar surface area (TPSA) is 66.4 Å². The molecule has 2 rings (SSSR count). The zero-order valence-electron chi connectivity index (χ0n) is 11.0. The largest absolute Gasteiger partial charge is 0.508 e. The van der Waals surface area contributed by atoms with Crippen LogP contribution >= 0.6 is 0 Å². The van der Waals surface area contributed by atoms with E-state index in [0.717, 1.165) is 6.42 Å². The van der Waals surface area contributed by atoms with Crippen LogP contribution in [0.3, 0.4) is 0 Å². The van der Waals surface area contributed by atoms with Gasteiger partial charge in [0.2, 0.25) is 10.0 Å². The molecule has 19 heavy (non-hydrogen) atoms. The van der Waals surface area contributed by atoms with Gasteiger partial charge in [-0.05, 0) is 36.6 Å². The van der Waals surface area contributed by atoms with Crippen LogP contribution in [0.1, 0.15) is 38.5 Å². The van der Waals surface area contributed by atoms with Crippen molar-refractivity contribution in [3.63, 3.8) is 0 Å². The fourth-order valence-corrected chi connectivity index (χ4v) is 3.63. The summed E-state index contributed by atoms with van der Waals surface area (Å²) in [5.41, 5.74) is 0. The lowest BCUT2D eigenvalue weighted by atomic mass is 9.87. The van der Waals surface area contributed by atoms with Gasteiger partial charge in [0.05, 0.1) is 4.90 Å². The number of phenolic OH excluding ortho intramolecular Hbond substituents is 1. The first-order valence-corrected chi connectivity index (χ1v) is 8.35. The van der Waals surface area contributed by atoms with E-state index >= 15 is 0 Å². The zero-order valence-corrected chi connectivity index (χ0v) is 11.8. The first kappa shape index (κ1) is 14.3. The number of sulfonamides is 1. The summed E-state index contributed by atoms with van der Waals surface area (Å²) in [7, 11) is -3.44. The van der Waals surface area contributed by atoms with E-state index in [0.29, 0.717) is 12.5 Å². The minimum atomic E-state index is -3.44. The Balaban J connectivity index is 1.85. The molecule has 2 N–H and O–H groups in total. The summed E-state index contributed by atoms with van der Waals surface area (Å²) < 4.78 is 26.6. The number of rotatable bonds is 5. The van der Waals surface area contributed by atoms with Crippen molar-refractivity contribution in [2.24, 2.45) is 5.92 Å². The maximum atomic E-state index is 12.0. The fraction of sp³-hybridized carbons (Fsp3) is 0.571. The number of aromatic hydroxyl groups is 1. The third-order valence-electron chi connectivity index (χ3n) is 3.72. The minimum absolute atomic E-state index is 0.0705. The van der Waals surface area contributed by atoms with Crippen molar-refractivity contribution >= 4 is 10.0 Å². The van der Waals surface area contributed by atoms with Crippen LogP contribution < -0.4 is 4.72 Å². The quantitative estimate of drug-likeness (QED) is 0.873. The van der Waals surface area contributed by atoms with Crippen molar-refractivity contribution in [3.8, 4) is 5.75 Å². The molecule has 106 valence electrons. The SMILES string of the molecule is O=S(=O)(NCCC1CCCCC1)c1ccc(O)cc1. The predicted octanol–water partition coefficient (Wildman–Crippen LogP) is 2.64. The van der Waals surface area contributed by atoms with Crippen LogP contribution in [0.15, 0.2) is 29.2 Å². The summed E-state index contributed by atoms with van der Waals surface area (Å²) in [5, 5.41) is 9.15. The molecule has 1 aliphatic carbocycles. The lowest BCUT2D eigenvalue weighted by molar-refractivity contribution is 0.339. The molecular formula is C14H21NO3S. The Hall–Kier alpha value is -1.07. The van der Waals surface area contributed by atoms with E-state index < -0.39 is 10.0 Å². The first-order chi connectivity index (χ1) is 9.08. The summed E-state index contributed by atoms with van der Waals surface area (Å²) >= 11 is 0. The summed E-state index contributed by atoms with van der Waals surface area (Å²) in [6.45, 7) is 0.494. The highest BCUT2D eigenvalue weighted by molar-refractivity contribution is 7.89. The monoisotopic (exact) mass is 283 g/mol. The molecule has 1 fully saturated rings. The highest BCUT2D eigenvalue weighted by Crippen LogP contribution is 2.26. The number of benzene rings is 1. The van der Waals surface area contributed by atoms with Crippen molar-refractivity contribution in [2.45, 2.75) is 43.4 Å². The average molecular weight is 283 g/mol. The molecule has 0 aromatic heterocycles. The van der Waals surface area contributed by atoms with E-state index in [4.69, 9.17) is 5.11 Å². The van der Waals surface area contributed by atoms with E-state index in [2.05, 4.69) is 4.72 Å². The van der Waals surface area contributed by atoms with E-state index in [-0.39, 0.29) is 10.6 Å². The molecule has 1 aliphatic rings. The predicted molar refractivity (Wildman–Crippen MR) is 74.5 cm³/mol. The molecule has 0 radical (unpaired) electrons. The van der Waals surface area contributed by atoms with E-state index in [9.17, 15) is 8.42 Å². The summed E-state index contributed by atoms with van der Waals surface area (Å²) in [4.78, 5) is 0.203. The molecule has 0 heterocycles. The van der Waals surface area contributed by atoms with Crippen molar-refractivity contribution in [3.05, 3.63) is 24.3 Å². The van der Waals surface area contributed by atoms with Crippen LogP contribution in [0.4, 0.5) is 0 Å². The lowest BCUT2D eigenvalue weighted by Crippen LogP contribution is -2.26. The van der Waals surface area contributed by atoms with Gasteiger partial charge in [0.1, 0.15) is 5.75 Å². The second-order valence-electron chi connectivity index (χ2n) is 5.18. The van der Waals surface area contributed by atoms with E-state index in [1.165, 1.54) is 56.4 Å². The maximum Gasteiger partial charge on any atom is 0.240 e. The van der Waals surface area contributed by atoms with Crippen molar-refractivity contribution in [1.82, 2.24) is 4.72 Å². The third kappa shape index (κ3) is 4.21. The number of nitrogens with one attached hydrogen (secondary N) is 1. The second kappa shape index (κ2) is 6.39. The Morgan fingerprint density at radius 3 is 2.37 bits per heavy atom. The van der Waals surface area contributed by atoms with Gasteiger partial charge in [-0.3, -0.25) is 0 Å². The highest BCUT2D eigenvalue weighted by atomic mass is 32.2. The number of phenols is 1. The molecule has 0 atom stereocenters. The van der Waals surface area contributed by atoms with E-state index in [1.807, 2.05) is 0 Å². The Bertz CT molecular complexity index is 490. The van der Waals surface area contributed by atoms with Crippen LogP contribution in [0, 0.1) is 5.92 Å². The summed E-state index contributed by atoms with van der Waals surface area (Å²) in [6, 6.07) is 5.60. The Kier molecular flexibility index (Phi) is 4.82. The highest BCUT2D eigenvalue weighted by Gasteiger charge is 2.16. The van der Waals surface area contributed by atoms with Gasteiger partial charge in [-0.2, -0.15) is 0 Å². The van der Waals surface area contributed by atoms with Gasteiger partial charge < -0.3 is 5.11 Å². The van der Waals surface area contributed by atoms with Crippen LogP contribution in [0.2, 0.25) is 0 Å². The van der Waals surface area contributed by atoms with Gasteiger partial charge in [-0.1, -0.05) is 32.1 Å². The fourth-order valence-electron chi connectivity index (χ4n) is 2.58. The smallest absolute Gasteiger partial charge is 0.240 e. The van der Waals surface area contributed by atoms with Gasteiger partial charge in [0.25, 0.3) is 0 Å². The molecule has 0 spiro atoms. The molecule has 0 saturated heterocycles. The van der Waals surface area contributed by atoms with Gasteiger partial charge in [-0.15, -0.1) is 0 Å². The van der Waals surface area contributed by atoms with Gasteiger partial charge in [-0.25, -0.2) is 13.1 Å². The molecule has 0 amide bonds. The standard InChI is InChI=1S/C14H21NO3S/c16-13-6-8-14(9-7-13)19(17,18)15-11-10-12-4-2-1-3-5-12/h6-9,12,15-16H,1-5,10-11H2. The van der Waals surface area contributed by atoms with Gasteiger partial charge >= 0.3 is 0 Å². The molecule has 4 nitrogen and oxygen atoms in total. The zero-order chi connectivity index (χ0) is 13.7. The molecule has 1 aromatic rings. The summed E-state index contributed by atoms with van der Waals surface area (Å²) in [5.74, 6) is 0.734. The molecule has 0 unspecified atom stereocenters. The van der Waals surface area contributed by atoms with Gasteiger partial charge in [0, 0.05) is 6.54 Å². The second-order valence-corrected chi connectivity index (χ2v) is 6.95. The van der Waals surface area contributed by atoms with Crippen LogP contribution in [0.5, 0.6) is 5.75 Å².